The molecule has 4 aromatic rings. The summed E-state index contributed by atoms with van der Waals surface area (Å²) in [5.41, 5.74) is 7.52. The van der Waals surface area contributed by atoms with Crippen molar-refractivity contribution in [1.29, 1.82) is 0 Å². The van der Waals surface area contributed by atoms with Gasteiger partial charge in [0.15, 0.2) is 5.82 Å². The highest BCUT2D eigenvalue weighted by Crippen LogP contribution is 2.36. The second-order valence-electron chi connectivity index (χ2n) is 6.27. The lowest BCUT2D eigenvalue weighted by molar-refractivity contribution is 1.13. The molecule has 134 valence electrons. The Balaban J connectivity index is 1.61. The highest BCUT2D eigenvalue weighted by molar-refractivity contribution is 7.17. The van der Waals surface area contributed by atoms with E-state index in [9.17, 15) is 0 Å². The lowest BCUT2D eigenvalue weighted by Gasteiger charge is -2.11. The summed E-state index contributed by atoms with van der Waals surface area (Å²) in [5.74, 6) is 0.710. The van der Waals surface area contributed by atoms with Gasteiger partial charge in [-0.1, -0.05) is 42.5 Å². The SMILES string of the molecule is CN(C)c1ccc(C=NNc2ncnc3scc(-c4ccccc4)c23)cc1. The normalized spacial score (nSPS) is 11.2. The Morgan fingerprint density at radius 3 is 2.52 bits per heavy atom. The smallest absolute Gasteiger partial charge is 0.159 e. The third kappa shape index (κ3) is 3.66. The highest BCUT2D eigenvalue weighted by atomic mass is 32.1. The summed E-state index contributed by atoms with van der Waals surface area (Å²) in [4.78, 5) is 11.8. The summed E-state index contributed by atoms with van der Waals surface area (Å²) in [5, 5.41) is 7.49. The van der Waals surface area contributed by atoms with Gasteiger partial charge in [-0.05, 0) is 23.3 Å². The van der Waals surface area contributed by atoms with E-state index in [4.69, 9.17) is 0 Å². The first kappa shape index (κ1) is 17.2. The number of nitrogens with zero attached hydrogens (tertiary/aromatic N) is 4. The summed E-state index contributed by atoms with van der Waals surface area (Å²) in [6, 6.07) is 18.5. The second-order valence-corrected chi connectivity index (χ2v) is 7.13. The van der Waals surface area contributed by atoms with Gasteiger partial charge in [0.1, 0.15) is 11.2 Å². The fourth-order valence-electron chi connectivity index (χ4n) is 2.82. The van der Waals surface area contributed by atoms with Crippen LogP contribution in [0, 0.1) is 0 Å². The van der Waals surface area contributed by atoms with Crippen LogP contribution in [0.5, 0.6) is 0 Å². The average Bonchev–Trinajstić information content (AvgIpc) is 3.14. The van der Waals surface area contributed by atoms with E-state index in [0.717, 1.165) is 32.6 Å². The second kappa shape index (κ2) is 7.55. The number of hydrogen-bond acceptors (Lipinski definition) is 6. The minimum absolute atomic E-state index is 0.710. The van der Waals surface area contributed by atoms with E-state index in [1.807, 2.05) is 44.4 Å². The number of anilines is 2. The maximum atomic E-state index is 4.40. The Bertz CT molecular complexity index is 1070. The van der Waals surface area contributed by atoms with Gasteiger partial charge in [0, 0.05) is 30.7 Å². The van der Waals surface area contributed by atoms with Gasteiger partial charge in [0.2, 0.25) is 0 Å². The monoisotopic (exact) mass is 373 g/mol. The molecule has 0 fully saturated rings. The van der Waals surface area contributed by atoms with Gasteiger partial charge in [-0.25, -0.2) is 9.97 Å². The number of rotatable bonds is 5. The molecule has 27 heavy (non-hydrogen) atoms. The predicted octanol–water partition coefficient (Wildman–Crippen LogP) is 4.87. The van der Waals surface area contributed by atoms with Gasteiger partial charge >= 0.3 is 0 Å². The first-order valence-corrected chi connectivity index (χ1v) is 9.44. The van der Waals surface area contributed by atoms with E-state index in [1.165, 1.54) is 0 Å². The van der Waals surface area contributed by atoms with Crippen molar-refractivity contribution in [3.63, 3.8) is 0 Å². The van der Waals surface area contributed by atoms with Crippen molar-refractivity contribution in [2.45, 2.75) is 0 Å². The zero-order chi connectivity index (χ0) is 18.6. The van der Waals surface area contributed by atoms with Gasteiger partial charge in [0.25, 0.3) is 0 Å². The van der Waals surface area contributed by atoms with Crippen molar-refractivity contribution < 1.29 is 0 Å². The summed E-state index contributed by atoms with van der Waals surface area (Å²) in [6.45, 7) is 0. The van der Waals surface area contributed by atoms with Gasteiger partial charge in [0.05, 0.1) is 11.6 Å². The lowest BCUT2D eigenvalue weighted by Crippen LogP contribution is -2.08. The van der Waals surface area contributed by atoms with E-state index in [-0.39, 0.29) is 0 Å². The summed E-state index contributed by atoms with van der Waals surface area (Å²) in [7, 11) is 4.05. The number of fused-ring (bicyclic) bond motifs is 1. The summed E-state index contributed by atoms with van der Waals surface area (Å²) in [6.07, 6.45) is 3.36. The zero-order valence-corrected chi connectivity index (χ0v) is 15.9. The molecule has 0 bridgehead atoms. The molecular formula is C21H19N5S. The summed E-state index contributed by atoms with van der Waals surface area (Å²) >= 11 is 1.61. The van der Waals surface area contributed by atoms with Crippen LogP contribution in [0.25, 0.3) is 21.3 Å². The lowest BCUT2D eigenvalue weighted by atomic mass is 10.1. The molecule has 4 rings (SSSR count). The average molecular weight is 373 g/mol. The van der Waals surface area contributed by atoms with Gasteiger partial charge < -0.3 is 4.90 Å². The molecule has 2 aromatic heterocycles. The number of hydrogen-bond donors (Lipinski definition) is 1. The topological polar surface area (TPSA) is 53.4 Å². The van der Waals surface area contributed by atoms with Gasteiger partial charge in [-0.3, -0.25) is 5.43 Å². The Kier molecular flexibility index (Phi) is 4.80. The van der Waals surface area contributed by atoms with Crippen molar-refractivity contribution in [3.8, 4) is 11.1 Å². The van der Waals surface area contributed by atoms with Crippen LogP contribution in [0.3, 0.4) is 0 Å². The molecule has 0 amide bonds. The number of nitrogens with one attached hydrogen (secondary N) is 1. The third-order valence-corrected chi connectivity index (χ3v) is 5.13. The minimum Gasteiger partial charge on any atom is -0.378 e. The van der Waals surface area contributed by atoms with E-state index in [2.05, 4.69) is 55.0 Å². The molecule has 0 aliphatic carbocycles. The van der Waals surface area contributed by atoms with E-state index in [1.54, 1.807) is 23.9 Å². The maximum absolute atomic E-state index is 4.40. The molecule has 1 N–H and O–H groups in total. The molecule has 0 atom stereocenters. The van der Waals surface area contributed by atoms with Crippen LogP contribution in [0.2, 0.25) is 0 Å². The molecule has 0 saturated heterocycles. The largest absolute Gasteiger partial charge is 0.378 e. The third-order valence-electron chi connectivity index (χ3n) is 4.25. The summed E-state index contributed by atoms with van der Waals surface area (Å²) < 4.78 is 0. The van der Waals surface area contributed by atoms with Gasteiger partial charge in [-0.2, -0.15) is 5.10 Å². The quantitative estimate of drug-likeness (QED) is 0.400. The maximum Gasteiger partial charge on any atom is 0.159 e. The van der Waals surface area contributed by atoms with Crippen LogP contribution in [0.4, 0.5) is 11.5 Å². The molecule has 0 radical (unpaired) electrons. The molecular weight excluding hydrogens is 354 g/mol. The van der Waals surface area contributed by atoms with Crippen LogP contribution >= 0.6 is 11.3 Å². The minimum atomic E-state index is 0.710. The van der Waals surface area contributed by atoms with Crippen LogP contribution in [0.15, 0.2) is 71.4 Å². The molecule has 2 aromatic carbocycles. The van der Waals surface area contributed by atoms with Gasteiger partial charge in [-0.15, -0.1) is 11.3 Å². The number of benzene rings is 2. The van der Waals surface area contributed by atoms with Crippen molar-refractivity contribution in [2.24, 2.45) is 5.10 Å². The first-order chi connectivity index (χ1) is 13.2. The van der Waals surface area contributed by atoms with E-state index < -0.39 is 0 Å². The first-order valence-electron chi connectivity index (χ1n) is 8.56. The molecule has 0 spiro atoms. The van der Waals surface area contributed by atoms with Crippen molar-refractivity contribution in [1.82, 2.24) is 9.97 Å². The van der Waals surface area contributed by atoms with Crippen LogP contribution in [-0.4, -0.2) is 30.3 Å². The van der Waals surface area contributed by atoms with E-state index in [0.29, 0.717) is 5.82 Å². The fourth-order valence-corrected chi connectivity index (χ4v) is 3.73. The van der Waals surface area contributed by atoms with Crippen molar-refractivity contribution >= 4 is 39.3 Å². The van der Waals surface area contributed by atoms with E-state index >= 15 is 0 Å². The molecule has 2 heterocycles. The van der Waals surface area contributed by atoms with Crippen LogP contribution in [0.1, 0.15) is 5.56 Å². The van der Waals surface area contributed by atoms with Crippen LogP contribution < -0.4 is 10.3 Å². The van der Waals surface area contributed by atoms with Crippen LogP contribution in [-0.2, 0) is 0 Å². The highest BCUT2D eigenvalue weighted by Gasteiger charge is 2.12. The Labute approximate surface area is 162 Å². The molecule has 0 aliphatic rings. The van der Waals surface area contributed by atoms with Crippen molar-refractivity contribution in [3.05, 3.63) is 71.9 Å². The number of hydrazone groups is 1. The van der Waals surface area contributed by atoms with Crippen molar-refractivity contribution in [2.75, 3.05) is 24.4 Å². The molecule has 6 heteroatoms. The number of thiophene rings is 1. The predicted molar refractivity (Wildman–Crippen MR) is 115 cm³/mol. The number of aromatic nitrogens is 2. The zero-order valence-electron chi connectivity index (χ0n) is 15.1. The Morgan fingerprint density at radius 2 is 1.78 bits per heavy atom. The molecule has 0 saturated carbocycles. The molecule has 0 unspecified atom stereocenters. The Hall–Kier alpha value is -3.25. The molecule has 5 nitrogen and oxygen atoms in total. The Morgan fingerprint density at radius 1 is 1.00 bits per heavy atom. The standard InChI is InChI=1S/C21H19N5S/c1-26(2)17-10-8-15(9-11-17)12-24-25-20-19-18(16-6-4-3-5-7-16)13-27-21(19)23-14-22-20/h3-14H,1-2H3,(H,22,23,25). The fraction of sp³-hybridized carbons (Fsp3) is 0.0952. The molecule has 0 aliphatic heterocycles.